The van der Waals surface area contributed by atoms with E-state index < -0.39 is 11.9 Å². The van der Waals surface area contributed by atoms with Crippen molar-refractivity contribution in [2.75, 3.05) is 21.3 Å². The summed E-state index contributed by atoms with van der Waals surface area (Å²) in [7, 11) is 4.51. The molecule has 0 saturated heterocycles. The number of unbranched alkanes of at least 4 members (excludes halogenated alkanes) is 1. The highest BCUT2D eigenvalue weighted by atomic mass is 35.5. The monoisotopic (exact) mass is 634 g/mol. The van der Waals surface area contributed by atoms with Gasteiger partial charge in [0.2, 0.25) is 0 Å². The standard InChI is InChI=1S/C34H35ClN2O8/c1-5-6-13-37-32(27-12-11-25(42-2)17-30(27)45-20-21-9-7-8-10-26(21)34(40)41)24(19-36-37)15-23(33(38)39)14-22-16-31(44-4)28(35)18-29(22)43-3/h7-12,15-19H,5-6,13-14,20H2,1-4H3,(H,38,39)(H,40,41)/b23-15+. The van der Waals surface area contributed by atoms with Crippen LogP contribution in [0, 0.1) is 0 Å². The summed E-state index contributed by atoms with van der Waals surface area (Å²) in [6, 6.07) is 15.2. The number of methoxy groups -OCH3 is 3. The number of aromatic nitrogens is 2. The molecule has 1 heterocycles. The lowest BCUT2D eigenvalue weighted by molar-refractivity contribution is -0.132. The Hall–Kier alpha value is -4.96. The zero-order chi connectivity index (χ0) is 32.5. The van der Waals surface area contributed by atoms with Crippen molar-refractivity contribution < 1.29 is 38.7 Å². The fourth-order valence-corrected chi connectivity index (χ4v) is 5.11. The van der Waals surface area contributed by atoms with E-state index in [1.807, 2.05) is 10.7 Å². The normalized spacial score (nSPS) is 11.3. The second kappa shape index (κ2) is 15.2. The van der Waals surface area contributed by atoms with Crippen LogP contribution in [0.3, 0.4) is 0 Å². The molecule has 0 spiro atoms. The predicted molar refractivity (Wildman–Crippen MR) is 171 cm³/mol. The Morgan fingerprint density at radius 2 is 1.69 bits per heavy atom. The van der Waals surface area contributed by atoms with Gasteiger partial charge in [-0.1, -0.05) is 43.1 Å². The highest BCUT2D eigenvalue weighted by molar-refractivity contribution is 6.32. The molecule has 2 N–H and O–H groups in total. The summed E-state index contributed by atoms with van der Waals surface area (Å²) in [6.07, 6.45) is 4.98. The Bertz CT molecular complexity index is 1710. The van der Waals surface area contributed by atoms with E-state index in [0.717, 1.165) is 12.8 Å². The third kappa shape index (κ3) is 7.77. The van der Waals surface area contributed by atoms with Crippen molar-refractivity contribution in [2.45, 2.75) is 39.3 Å². The van der Waals surface area contributed by atoms with Gasteiger partial charge in [-0.3, -0.25) is 4.68 Å². The lowest BCUT2D eigenvalue weighted by Gasteiger charge is -2.16. The highest BCUT2D eigenvalue weighted by Gasteiger charge is 2.21. The summed E-state index contributed by atoms with van der Waals surface area (Å²) in [4.78, 5) is 24.4. The number of aromatic carboxylic acids is 1. The van der Waals surface area contributed by atoms with Crippen LogP contribution >= 0.6 is 11.6 Å². The molecule has 0 saturated carbocycles. The van der Waals surface area contributed by atoms with E-state index >= 15 is 0 Å². The van der Waals surface area contributed by atoms with Gasteiger partial charge in [0, 0.05) is 52.9 Å². The summed E-state index contributed by atoms with van der Waals surface area (Å²) in [6.45, 7) is 2.63. The van der Waals surface area contributed by atoms with Crippen LogP contribution in [-0.4, -0.2) is 53.3 Å². The number of carbonyl (C=O) groups is 2. The van der Waals surface area contributed by atoms with Crippen LogP contribution in [0.4, 0.5) is 0 Å². The van der Waals surface area contributed by atoms with Crippen molar-refractivity contribution in [1.29, 1.82) is 0 Å². The number of carboxylic acids is 2. The first kappa shape index (κ1) is 32.9. The van der Waals surface area contributed by atoms with E-state index in [-0.39, 0.29) is 24.2 Å². The highest BCUT2D eigenvalue weighted by Crippen LogP contribution is 2.38. The molecule has 4 aromatic rings. The third-order valence-electron chi connectivity index (χ3n) is 7.21. The topological polar surface area (TPSA) is 129 Å². The minimum absolute atomic E-state index is 0.0174. The molecule has 1 aromatic heterocycles. The van der Waals surface area contributed by atoms with E-state index in [4.69, 9.17) is 30.5 Å². The number of benzene rings is 3. The molecular weight excluding hydrogens is 600 g/mol. The molecule has 11 heteroatoms. The van der Waals surface area contributed by atoms with Gasteiger partial charge in [0.05, 0.1) is 43.8 Å². The minimum Gasteiger partial charge on any atom is -0.497 e. The SMILES string of the molecule is CCCCn1ncc(/C=C(\Cc2cc(OC)c(Cl)cc2OC)C(=O)O)c1-c1ccc(OC)cc1OCc1ccccc1C(=O)O. The van der Waals surface area contributed by atoms with E-state index in [1.165, 1.54) is 27.4 Å². The lowest BCUT2D eigenvalue weighted by atomic mass is 9.99. The maximum atomic E-state index is 12.6. The fraction of sp³-hybridized carbons (Fsp3) is 0.265. The first-order valence-corrected chi connectivity index (χ1v) is 14.6. The minimum atomic E-state index is -1.12. The maximum Gasteiger partial charge on any atom is 0.336 e. The lowest BCUT2D eigenvalue weighted by Crippen LogP contribution is -2.08. The maximum absolute atomic E-state index is 12.6. The van der Waals surface area contributed by atoms with Crippen LogP contribution in [0.25, 0.3) is 17.3 Å². The van der Waals surface area contributed by atoms with E-state index in [0.29, 0.717) is 62.5 Å². The Kier molecular flexibility index (Phi) is 11.1. The van der Waals surface area contributed by atoms with Crippen LogP contribution in [0.15, 0.2) is 66.4 Å². The average Bonchev–Trinajstić information content (AvgIpc) is 3.44. The van der Waals surface area contributed by atoms with Crippen molar-refractivity contribution in [1.82, 2.24) is 9.78 Å². The van der Waals surface area contributed by atoms with Gasteiger partial charge in [0.15, 0.2) is 0 Å². The quantitative estimate of drug-likeness (QED) is 0.133. The van der Waals surface area contributed by atoms with Crippen LogP contribution in [0.5, 0.6) is 23.0 Å². The summed E-state index contributed by atoms with van der Waals surface area (Å²) >= 11 is 6.27. The predicted octanol–water partition coefficient (Wildman–Crippen LogP) is 7.02. The van der Waals surface area contributed by atoms with Crippen molar-refractivity contribution in [2.24, 2.45) is 0 Å². The van der Waals surface area contributed by atoms with E-state index in [9.17, 15) is 19.8 Å². The zero-order valence-corrected chi connectivity index (χ0v) is 26.3. The molecular formula is C34H35ClN2O8. The number of hydrogen-bond acceptors (Lipinski definition) is 7. The first-order chi connectivity index (χ1) is 21.7. The van der Waals surface area contributed by atoms with Gasteiger partial charge in [-0.25, -0.2) is 9.59 Å². The molecule has 3 aromatic carbocycles. The smallest absolute Gasteiger partial charge is 0.336 e. The molecule has 4 rings (SSSR count). The molecule has 0 fully saturated rings. The Balaban J connectivity index is 1.83. The number of hydrogen-bond donors (Lipinski definition) is 2. The number of halogens is 1. The van der Waals surface area contributed by atoms with Gasteiger partial charge in [0.1, 0.15) is 29.6 Å². The molecule has 0 radical (unpaired) electrons. The van der Waals surface area contributed by atoms with E-state index in [2.05, 4.69) is 12.0 Å². The third-order valence-corrected chi connectivity index (χ3v) is 7.50. The fourth-order valence-electron chi connectivity index (χ4n) is 4.88. The van der Waals surface area contributed by atoms with Crippen molar-refractivity contribution in [3.63, 3.8) is 0 Å². The molecule has 0 amide bonds. The van der Waals surface area contributed by atoms with Crippen LogP contribution in [-0.2, 0) is 24.4 Å². The van der Waals surface area contributed by atoms with Crippen molar-refractivity contribution in [3.05, 3.63) is 93.6 Å². The molecule has 0 unspecified atom stereocenters. The zero-order valence-electron chi connectivity index (χ0n) is 25.5. The van der Waals surface area contributed by atoms with Gasteiger partial charge in [0.25, 0.3) is 0 Å². The van der Waals surface area contributed by atoms with Gasteiger partial charge in [-0.05, 0) is 36.8 Å². The summed E-state index contributed by atoms with van der Waals surface area (Å²) < 4.78 is 24.4. The van der Waals surface area contributed by atoms with Crippen LogP contribution in [0.1, 0.15) is 46.8 Å². The molecule has 0 atom stereocenters. The van der Waals surface area contributed by atoms with Gasteiger partial charge >= 0.3 is 11.9 Å². The number of aliphatic carboxylic acids is 1. The molecule has 0 aliphatic carbocycles. The number of rotatable bonds is 15. The first-order valence-electron chi connectivity index (χ1n) is 14.2. The molecule has 0 bridgehead atoms. The summed E-state index contributed by atoms with van der Waals surface area (Å²) in [5.74, 6) is -0.388. The molecule has 0 aliphatic heterocycles. The number of ether oxygens (including phenoxy) is 4. The second-order valence-electron chi connectivity index (χ2n) is 10.1. The largest absolute Gasteiger partial charge is 0.497 e. The number of aryl methyl sites for hydroxylation is 1. The van der Waals surface area contributed by atoms with Crippen molar-refractivity contribution >= 4 is 29.6 Å². The van der Waals surface area contributed by atoms with Crippen LogP contribution < -0.4 is 18.9 Å². The van der Waals surface area contributed by atoms with Gasteiger partial charge in [-0.2, -0.15) is 5.10 Å². The van der Waals surface area contributed by atoms with Gasteiger partial charge < -0.3 is 29.2 Å². The second-order valence-corrected chi connectivity index (χ2v) is 10.5. The number of nitrogens with zero attached hydrogens (tertiary/aromatic N) is 2. The van der Waals surface area contributed by atoms with Crippen molar-refractivity contribution in [3.8, 4) is 34.3 Å². The molecule has 0 aliphatic rings. The average molecular weight is 635 g/mol. The summed E-state index contributed by atoms with van der Waals surface area (Å²) in [5.41, 5.74) is 3.14. The Morgan fingerprint density at radius 1 is 0.933 bits per heavy atom. The molecule has 236 valence electrons. The van der Waals surface area contributed by atoms with Gasteiger partial charge in [-0.15, -0.1) is 0 Å². The Morgan fingerprint density at radius 3 is 2.36 bits per heavy atom. The molecule has 45 heavy (non-hydrogen) atoms. The van der Waals surface area contributed by atoms with Crippen LogP contribution in [0.2, 0.25) is 5.02 Å². The Labute approximate surface area is 266 Å². The molecule has 10 nitrogen and oxygen atoms in total. The number of carboxylic acid groups (broad SMARTS) is 2. The summed E-state index contributed by atoms with van der Waals surface area (Å²) in [5, 5.41) is 24.9. The van der Waals surface area contributed by atoms with E-state index in [1.54, 1.807) is 54.7 Å².